The van der Waals surface area contributed by atoms with Crippen LogP contribution >= 0.6 is 0 Å². The second kappa shape index (κ2) is 4.52. The molecule has 2 rings (SSSR count). The summed E-state index contributed by atoms with van der Waals surface area (Å²) in [5.74, 6) is -0.222. The number of nitrogens with two attached hydrogens (primary N) is 1. The van der Waals surface area contributed by atoms with Gasteiger partial charge >= 0.3 is 0 Å². The van der Waals surface area contributed by atoms with Crippen molar-refractivity contribution < 1.29 is 4.79 Å². The Hall–Kier alpha value is -2.30. The monoisotopic (exact) mass is 244 g/mol. The van der Waals surface area contributed by atoms with Crippen LogP contribution in [0, 0.1) is 13.8 Å². The number of nitrogens with one attached hydrogen (secondary N) is 1. The zero-order chi connectivity index (χ0) is 13.3. The van der Waals surface area contributed by atoms with Crippen LogP contribution in [-0.4, -0.2) is 23.2 Å². The summed E-state index contributed by atoms with van der Waals surface area (Å²) in [7, 11) is 1.70. The second-order valence-electron chi connectivity index (χ2n) is 4.31. The van der Waals surface area contributed by atoms with Crippen molar-refractivity contribution in [3.8, 4) is 0 Å². The molecular formula is C13H16N4O. The molecule has 0 saturated heterocycles. The number of H-pyrrole nitrogens is 1. The molecule has 1 amide bonds. The first-order valence-electron chi connectivity index (χ1n) is 5.66. The minimum atomic E-state index is -0.222. The Kier molecular flexibility index (Phi) is 3.06. The summed E-state index contributed by atoms with van der Waals surface area (Å²) in [6.07, 6.45) is 0. The van der Waals surface area contributed by atoms with Crippen molar-refractivity contribution in [2.75, 3.05) is 17.7 Å². The van der Waals surface area contributed by atoms with Crippen LogP contribution in [0.3, 0.4) is 0 Å². The van der Waals surface area contributed by atoms with E-state index in [-0.39, 0.29) is 11.6 Å². The van der Waals surface area contributed by atoms with Gasteiger partial charge in [-0.25, -0.2) is 0 Å². The standard InChI is InChI=1S/C13H16N4O/c1-8-4-6-10(7-5-8)17(3)13(18)12-11(14)9(2)15-16-12/h4-7H,14H2,1-3H3,(H,15,16). The lowest BCUT2D eigenvalue weighted by Gasteiger charge is -2.16. The van der Waals surface area contributed by atoms with Crippen LogP contribution < -0.4 is 10.6 Å². The van der Waals surface area contributed by atoms with Crippen molar-refractivity contribution in [3.05, 3.63) is 41.2 Å². The molecule has 5 nitrogen and oxygen atoms in total. The van der Waals surface area contributed by atoms with E-state index in [2.05, 4.69) is 10.2 Å². The Bertz CT molecular complexity index is 571. The van der Waals surface area contributed by atoms with E-state index in [1.54, 1.807) is 14.0 Å². The van der Waals surface area contributed by atoms with E-state index in [1.165, 1.54) is 4.90 Å². The van der Waals surface area contributed by atoms with Crippen molar-refractivity contribution in [2.45, 2.75) is 13.8 Å². The van der Waals surface area contributed by atoms with Gasteiger partial charge in [-0.15, -0.1) is 0 Å². The van der Waals surface area contributed by atoms with E-state index in [1.807, 2.05) is 31.2 Å². The first kappa shape index (κ1) is 12.2. The second-order valence-corrected chi connectivity index (χ2v) is 4.31. The van der Waals surface area contributed by atoms with Gasteiger partial charge in [0.25, 0.3) is 5.91 Å². The lowest BCUT2D eigenvalue weighted by molar-refractivity contribution is 0.0989. The zero-order valence-corrected chi connectivity index (χ0v) is 10.7. The van der Waals surface area contributed by atoms with E-state index in [4.69, 9.17) is 5.73 Å². The Morgan fingerprint density at radius 1 is 1.28 bits per heavy atom. The third-order valence-corrected chi connectivity index (χ3v) is 2.92. The third-order valence-electron chi connectivity index (χ3n) is 2.92. The highest BCUT2D eigenvalue weighted by Crippen LogP contribution is 2.19. The number of nitrogen functional groups attached to an aromatic ring is 1. The van der Waals surface area contributed by atoms with Crippen molar-refractivity contribution in [1.29, 1.82) is 0 Å². The number of anilines is 2. The summed E-state index contributed by atoms with van der Waals surface area (Å²) >= 11 is 0. The lowest BCUT2D eigenvalue weighted by atomic mass is 10.2. The molecule has 1 aromatic carbocycles. The highest BCUT2D eigenvalue weighted by molar-refractivity contribution is 6.07. The van der Waals surface area contributed by atoms with Gasteiger partial charge in [0.05, 0.1) is 11.4 Å². The van der Waals surface area contributed by atoms with Crippen LogP contribution in [0.2, 0.25) is 0 Å². The van der Waals surface area contributed by atoms with Gasteiger partial charge in [0, 0.05) is 12.7 Å². The average Bonchev–Trinajstić information content (AvgIpc) is 2.69. The topological polar surface area (TPSA) is 75.0 Å². The molecule has 5 heteroatoms. The number of aryl methyl sites for hydroxylation is 2. The molecule has 0 aliphatic heterocycles. The smallest absolute Gasteiger partial charge is 0.280 e. The van der Waals surface area contributed by atoms with Crippen molar-refractivity contribution in [1.82, 2.24) is 10.2 Å². The van der Waals surface area contributed by atoms with E-state index < -0.39 is 0 Å². The quantitative estimate of drug-likeness (QED) is 0.847. The minimum Gasteiger partial charge on any atom is -0.395 e. The molecule has 2 aromatic rings. The van der Waals surface area contributed by atoms with Gasteiger partial charge in [0.1, 0.15) is 0 Å². The highest BCUT2D eigenvalue weighted by atomic mass is 16.2. The number of hydrogen-bond donors (Lipinski definition) is 2. The van der Waals surface area contributed by atoms with E-state index in [9.17, 15) is 4.79 Å². The largest absolute Gasteiger partial charge is 0.395 e. The zero-order valence-electron chi connectivity index (χ0n) is 10.7. The first-order valence-corrected chi connectivity index (χ1v) is 5.66. The maximum absolute atomic E-state index is 12.2. The number of carbonyl (C=O) groups is 1. The van der Waals surface area contributed by atoms with Gasteiger partial charge in [0.2, 0.25) is 0 Å². The Balaban J connectivity index is 2.29. The van der Waals surface area contributed by atoms with Crippen LogP contribution in [0.25, 0.3) is 0 Å². The molecule has 3 N–H and O–H groups in total. The molecule has 0 aliphatic rings. The fourth-order valence-electron chi connectivity index (χ4n) is 1.65. The number of aromatic amines is 1. The lowest BCUT2D eigenvalue weighted by Crippen LogP contribution is -2.27. The van der Waals surface area contributed by atoms with Crippen LogP contribution in [0.4, 0.5) is 11.4 Å². The number of aromatic nitrogens is 2. The van der Waals surface area contributed by atoms with E-state index >= 15 is 0 Å². The predicted octanol–water partition coefficient (Wildman–Crippen LogP) is 1.89. The Labute approximate surface area is 106 Å². The fraction of sp³-hybridized carbons (Fsp3) is 0.231. The maximum atomic E-state index is 12.2. The van der Waals surface area contributed by atoms with Crippen LogP contribution in [-0.2, 0) is 0 Å². The summed E-state index contributed by atoms with van der Waals surface area (Å²) in [6, 6.07) is 7.70. The summed E-state index contributed by atoms with van der Waals surface area (Å²) in [5, 5.41) is 6.65. The molecule has 1 heterocycles. The molecule has 0 radical (unpaired) electrons. The number of benzene rings is 1. The average molecular weight is 244 g/mol. The third kappa shape index (κ3) is 2.07. The predicted molar refractivity (Wildman–Crippen MR) is 71.6 cm³/mol. The molecule has 0 aliphatic carbocycles. The van der Waals surface area contributed by atoms with Crippen LogP contribution in [0.15, 0.2) is 24.3 Å². The number of carbonyl (C=O) groups excluding carboxylic acids is 1. The molecule has 18 heavy (non-hydrogen) atoms. The van der Waals surface area contributed by atoms with Crippen molar-refractivity contribution in [2.24, 2.45) is 0 Å². The molecular weight excluding hydrogens is 228 g/mol. The maximum Gasteiger partial charge on any atom is 0.280 e. The minimum absolute atomic E-state index is 0.222. The van der Waals surface area contributed by atoms with Crippen molar-refractivity contribution >= 4 is 17.3 Å². The summed E-state index contributed by atoms with van der Waals surface area (Å²) in [6.45, 7) is 3.78. The normalized spacial score (nSPS) is 10.4. The SMILES string of the molecule is Cc1ccc(N(C)C(=O)c2n[nH]c(C)c2N)cc1. The van der Waals surface area contributed by atoms with Gasteiger partial charge in [-0.2, -0.15) is 5.10 Å². The van der Waals surface area contributed by atoms with Gasteiger partial charge in [-0.05, 0) is 26.0 Å². The first-order chi connectivity index (χ1) is 8.50. The molecule has 1 aromatic heterocycles. The van der Waals surface area contributed by atoms with E-state index in [0.717, 1.165) is 11.3 Å². The number of rotatable bonds is 2. The molecule has 0 fully saturated rings. The molecule has 0 atom stereocenters. The van der Waals surface area contributed by atoms with Gasteiger partial charge < -0.3 is 10.6 Å². The summed E-state index contributed by atoms with van der Waals surface area (Å²) < 4.78 is 0. The Morgan fingerprint density at radius 3 is 2.39 bits per heavy atom. The highest BCUT2D eigenvalue weighted by Gasteiger charge is 2.20. The molecule has 94 valence electrons. The summed E-state index contributed by atoms with van der Waals surface area (Å²) in [4.78, 5) is 13.8. The van der Waals surface area contributed by atoms with Gasteiger partial charge in [-0.1, -0.05) is 17.7 Å². The van der Waals surface area contributed by atoms with E-state index in [0.29, 0.717) is 11.4 Å². The van der Waals surface area contributed by atoms with Crippen LogP contribution in [0.1, 0.15) is 21.7 Å². The number of hydrogen-bond acceptors (Lipinski definition) is 3. The summed E-state index contributed by atoms with van der Waals surface area (Å²) in [5.41, 5.74) is 9.13. The van der Waals surface area contributed by atoms with Gasteiger partial charge in [-0.3, -0.25) is 9.89 Å². The van der Waals surface area contributed by atoms with Crippen LogP contribution in [0.5, 0.6) is 0 Å². The fourth-order valence-corrected chi connectivity index (χ4v) is 1.65. The molecule has 0 spiro atoms. The Morgan fingerprint density at radius 2 is 1.89 bits per heavy atom. The van der Waals surface area contributed by atoms with Crippen molar-refractivity contribution in [3.63, 3.8) is 0 Å². The number of nitrogens with zero attached hydrogens (tertiary/aromatic N) is 2. The van der Waals surface area contributed by atoms with Gasteiger partial charge in [0.15, 0.2) is 5.69 Å². The number of amides is 1. The molecule has 0 unspecified atom stereocenters. The molecule has 0 saturated carbocycles. The molecule has 0 bridgehead atoms.